The summed E-state index contributed by atoms with van der Waals surface area (Å²) in [5.41, 5.74) is 0. The van der Waals surface area contributed by atoms with E-state index in [0.717, 1.165) is 83.5 Å². The van der Waals surface area contributed by atoms with E-state index in [1.54, 1.807) is 0 Å². The molecule has 0 saturated heterocycles. The van der Waals surface area contributed by atoms with E-state index in [9.17, 15) is 9.59 Å². The van der Waals surface area contributed by atoms with Gasteiger partial charge in [0.05, 0.1) is 6.61 Å². The fraction of sp³-hybridized carbons (Fsp3) is 0.909. The number of carbonyl (C=O) groups is 2. The standard InChI is InChI=1S/C22H42O4/c1-4-7-16-20(15-6-3)26-22(24)18-14-12-10-9-11-13-17-21(23)25-19-8-5-2/h20H,4-19H2,1-3H3. The zero-order valence-electron chi connectivity index (χ0n) is 17.5. The fourth-order valence-electron chi connectivity index (χ4n) is 2.91. The maximum atomic E-state index is 11.9. The zero-order valence-corrected chi connectivity index (χ0v) is 17.5. The first kappa shape index (κ1) is 24.9. The molecule has 0 N–H and O–H groups in total. The summed E-state index contributed by atoms with van der Waals surface area (Å²) in [7, 11) is 0. The van der Waals surface area contributed by atoms with Crippen molar-refractivity contribution >= 4 is 11.9 Å². The topological polar surface area (TPSA) is 52.6 Å². The minimum atomic E-state index is -0.0640. The molecule has 154 valence electrons. The maximum Gasteiger partial charge on any atom is 0.306 e. The van der Waals surface area contributed by atoms with Crippen LogP contribution in [0.3, 0.4) is 0 Å². The van der Waals surface area contributed by atoms with Crippen molar-refractivity contribution in [2.45, 2.75) is 123 Å². The molecule has 0 amide bonds. The highest BCUT2D eigenvalue weighted by atomic mass is 16.5. The molecule has 0 rings (SSSR count). The molecule has 0 saturated carbocycles. The smallest absolute Gasteiger partial charge is 0.306 e. The van der Waals surface area contributed by atoms with Crippen molar-refractivity contribution in [1.29, 1.82) is 0 Å². The molecule has 0 radical (unpaired) electrons. The normalized spacial score (nSPS) is 12.0. The Balaban J connectivity index is 3.53. The third-order valence-corrected chi connectivity index (χ3v) is 4.56. The minimum absolute atomic E-state index is 0.0330. The molecule has 0 aromatic carbocycles. The van der Waals surface area contributed by atoms with Crippen molar-refractivity contribution in [2.75, 3.05) is 6.61 Å². The molecule has 0 spiro atoms. The van der Waals surface area contributed by atoms with Crippen LogP contribution >= 0.6 is 0 Å². The molecule has 1 atom stereocenters. The van der Waals surface area contributed by atoms with E-state index < -0.39 is 0 Å². The van der Waals surface area contributed by atoms with Gasteiger partial charge in [-0.2, -0.15) is 0 Å². The van der Waals surface area contributed by atoms with Crippen LogP contribution < -0.4 is 0 Å². The monoisotopic (exact) mass is 370 g/mol. The summed E-state index contributed by atoms with van der Waals surface area (Å²) in [6.07, 6.45) is 14.7. The summed E-state index contributed by atoms with van der Waals surface area (Å²) in [5.74, 6) is -0.0970. The van der Waals surface area contributed by atoms with Crippen molar-refractivity contribution in [3.8, 4) is 0 Å². The Bertz CT molecular complexity index is 341. The molecule has 26 heavy (non-hydrogen) atoms. The Morgan fingerprint density at radius 3 is 1.81 bits per heavy atom. The predicted molar refractivity (Wildman–Crippen MR) is 107 cm³/mol. The van der Waals surface area contributed by atoms with Crippen LogP contribution in [0.25, 0.3) is 0 Å². The Labute approximate surface area is 161 Å². The summed E-state index contributed by atoms with van der Waals surface area (Å²) >= 11 is 0. The first-order chi connectivity index (χ1) is 12.6. The first-order valence-corrected chi connectivity index (χ1v) is 11.0. The van der Waals surface area contributed by atoms with E-state index >= 15 is 0 Å². The molecule has 0 aliphatic carbocycles. The number of ether oxygens (including phenoxy) is 2. The second kappa shape index (κ2) is 18.7. The fourth-order valence-corrected chi connectivity index (χ4v) is 2.91. The Kier molecular flexibility index (Phi) is 18.0. The molecule has 1 unspecified atom stereocenters. The number of esters is 2. The summed E-state index contributed by atoms with van der Waals surface area (Å²) in [6, 6.07) is 0. The van der Waals surface area contributed by atoms with Gasteiger partial charge in [-0.3, -0.25) is 9.59 Å². The van der Waals surface area contributed by atoms with Gasteiger partial charge in [-0.15, -0.1) is 0 Å². The first-order valence-electron chi connectivity index (χ1n) is 11.0. The molecule has 0 bridgehead atoms. The zero-order chi connectivity index (χ0) is 19.5. The highest BCUT2D eigenvalue weighted by Gasteiger charge is 2.12. The van der Waals surface area contributed by atoms with E-state index in [2.05, 4.69) is 20.8 Å². The summed E-state index contributed by atoms with van der Waals surface area (Å²) in [4.78, 5) is 23.4. The van der Waals surface area contributed by atoms with Gasteiger partial charge in [-0.25, -0.2) is 0 Å². The van der Waals surface area contributed by atoms with Gasteiger partial charge in [0.25, 0.3) is 0 Å². The van der Waals surface area contributed by atoms with Crippen LogP contribution in [-0.2, 0) is 19.1 Å². The summed E-state index contributed by atoms with van der Waals surface area (Å²) < 4.78 is 10.8. The van der Waals surface area contributed by atoms with Gasteiger partial charge in [0.1, 0.15) is 6.10 Å². The number of hydrogen-bond donors (Lipinski definition) is 0. The Morgan fingerprint density at radius 1 is 0.654 bits per heavy atom. The van der Waals surface area contributed by atoms with Crippen molar-refractivity contribution in [3.63, 3.8) is 0 Å². The molecule has 0 fully saturated rings. The van der Waals surface area contributed by atoms with Gasteiger partial charge in [0.15, 0.2) is 0 Å². The van der Waals surface area contributed by atoms with Gasteiger partial charge >= 0.3 is 11.9 Å². The lowest BCUT2D eigenvalue weighted by Crippen LogP contribution is -2.18. The Morgan fingerprint density at radius 2 is 1.23 bits per heavy atom. The van der Waals surface area contributed by atoms with Gasteiger partial charge in [-0.1, -0.05) is 72.1 Å². The number of hydrogen-bond acceptors (Lipinski definition) is 4. The van der Waals surface area contributed by atoms with Gasteiger partial charge in [-0.05, 0) is 32.1 Å². The second-order valence-electron chi connectivity index (χ2n) is 7.24. The van der Waals surface area contributed by atoms with E-state index in [4.69, 9.17) is 9.47 Å². The second-order valence-corrected chi connectivity index (χ2v) is 7.24. The Hall–Kier alpha value is -1.06. The molecule has 0 aromatic heterocycles. The summed E-state index contributed by atoms with van der Waals surface area (Å²) in [5, 5.41) is 0. The van der Waals surface area contributed by atoms with Crippen LogP contribution in [-0.4, -0.2) is 24.6 Å². The van der Waals surface area contributed by atoms with Crippen LogP contribution in [0.1, 0.15) is 117 Å². The third kappa shape index (κ3) is 16.4. The highest BCUT2D eigenvalue weighted by Crippen LogP contribution is 2.14. The van der Waals surface area contributed by atoms with Gasteiger partial charge in [0, 0.05) is 12.8 Å². The van der Waals surface area contributed by atoms with E-state index in [1.807, 2.05) is 0 Å². The molecule has 4 nitrogen and oxygen atoms in total. The largest absolute Gasteiger partial charge is 0.466 e. The minimum Gasteiger partial charge on any atom is -0.466 e. The molecule has 0 aliphatic heterocycles. The van der Waals surface area contributed by atoms with Crippen molar-refractivity contribution in [2.24, 2.45) is 0 Å². The van der Waals surface area contributed by atoms with Crippen molar-refractivity contribution < 1.29 is 19.1 Å². The van der Waals surface area contributed by atoms with E-state index in [1.165, 1.54) is 0 Å². The lowest BCUT2D eigenvalue weighted by Gasteiger charge is -2.17. The molecule has 4 heteroatoms. The van der Waals surface area contributed by atoms with Crippen LogP contribution in [0.5, 0.6) is 0 Å². The van der Waals surface area contributed by atoms with Crippen LogP contribution in [0.15, 0.2) is 0 Å². The molecule has 0 heterocycles. The van der Waals surface area contributed by atoms with E-state index in [-0.39, 0.29) is 18.0 Å². The molecule has 0 aliphatic rings. The lowest BCUT2D eigenvalue weighted by molar-refractivity contribution is -0.150. The molecule has 0 aromatic rings. The number of carbonyl (C=O) groups excluding carboxylic acids is 2. The SMILES string of the molecule is CCCCOC(=O)CCCCCCCCC(=O)OC(CCC)CCCC. The third-order valence-electron chi connectivity index (χ3n) is 4.56. The highest BCUT2D eigenvalue weighted by molar-refractivity contribution is 5.69. The van der Waals surface area contributed by atoms with Crippen LogP contribution in [0, 0.1) is 0 Å². The predicted octanol–water partition coefficient (Wildman–Crippen LogP) is 6.35. The van der Waals surface area contributed by atoms with Gasteiger partial charge < -0.3 is 9.47 Å². The molecular weight excluding hydrogens is 328 g/mol. The molecular formula is C22H42O4. The van der Waals surface area contributed by atoms with E-state index in [0.29, 0.717) is 19.4 Å². The van der Waals surface area contributed by atoms with Crippen molar-refractivity contribution in [1.82, 2.24) is 0 Å². The average molecular weight is 371 g/mol. The van der Waals surface area contributed by atoms with Gasteiger partial charge in [0.2, 0.25) is 0 Å². The van der Waals surface area contributed by atoms with Crippen LogP contribution in [0.2, 0.25) is 0 Å². The average Bonchev–Trinajstić information content (AvgIpc) is 2.62. The van der Waals surface area contributed by atoms with Crippen molar-refractivity contribution in [3.05, 3.63) is 0 Å². The lowest BCUT2D eigenvalue weighted by atomic mass is 10.1. The van der Waals surface area contributed by atoms with Crippen LogP contribution in [0.4, 0.5) is 0 Å². The maximum absolute atomic E-state index is 11.9. The summed E-state index contributed by atoms with van der Waals surface area (Å²) in [6.45, 7) is 6.95. The number of unbranched alkanes of at least 4 members (excludes halogenated alkanes) is 7. The number of rotatable bonds is 18. The quantitative estimate of drug-likeness (QED) is 0.208.